The third-order valence-corrected chi connectivity index (χ3v) is 5.41. The summed E-state index contributed by atoms with van der Waals surface area (Å²) in [6.07, 6.45) is 5.23. The Balaban J connectivity index is 1.43. The first kappa shape index (κ1) is 21.3. The summed E-state index contributed by atoms with van der Waals surface area (Å²) in [6, 6.07) is 6.26. The van der Waals surface area contributed by atoms with Gasteiger partial charge in [0, 0.05) is 19.1 Å². The van der Waals surface area contributed by atoms with Crippen molar-refractivity contribution >= 4 is 17.7 Å². The molecule has 0 spiro atoms. The van der Waals surface area contributed by atoms with Crippen LogP contribution in [-0.4, -0.2) is 48.9 Å². The molecule has 156 valence electrons. The van der Waals surface area contributed by atoms with Gasteiger partial charge in [0.1, 0.15) is 11.4 Å². The van der Waals surface area contributed by atoms with Crippen molar-refractivity contribution in [1.82, 2.24) is 10.2 Å². The van der Waals surface area contributed by atoms with E-state index >= 15 is 0 Å². The van der Waals surface area contributed by atoms with Crippen molar-refractivity contribution in [2.24, 2.45) is 5.92 Å². The van der Waals surface area contributed by atoms with E-state index in [1.54, 1.807) is 0 Å². The number of benzene rings is 1. The summed E-state index contributed by atoms with van der Waals surface area (Å²) in [4.78, 5) is 14.4. The number of alkyl carbamates (subject to hydrolysis) is 1. The highest BCUT2D eigenvalue weighted by atomic mass is 35.5. The van der Waals surface area contributed by atoms with Crippen LogP contribution in [0.15, 0.2) is 18.2 Å². The monoisotopic (exact) mass is 408 g/mol. The molecule has 1 saturated carbocycles. The highest BCUT2D eigenvalue weighted by Crippen LogP contribution is 2.32. The second-order valence-corrected chi connectivity index (χ2v) is 9.46. The van der Waals surface area contributed by atoms with Gasteiger partial charge in [0.05, 0.1) is 11.6 Å². The van der Waals surface area contributed by atoms with Crippen LogP contribution in [0.3, 0.4) is 0 Å². The lowest BCUT2D eigenvalue weighted by molar-refractivity contribution is 0.0472. The zero-order valence-electron chi connectivity index (χ0n) is 17.3. The molecule has 0 unspecified atom stereocenters. The van der Waals surface area contributed by atoms with Crippen molar-refractivity contribution in [2.45, 2.75) is 64.5 Å². The maximum Gasteiger partial charge on any atom is 0.407 e. The first-order chi connectivity index (χ1) is 13.3. The lowest BCUT2D eigenvalue weighted by Crippen LogP contribution is -2.49. The van der Waals surface area contributed by atoms with Gasteiger partial charge in [-0.25, -0.2) is 4.79 Å². The third-order valence-electron chi connectivity index (χ3n) is 5.11. The molecule has 6 heteroatoms. The van der Waals surface area contributed by atoms with Crippen LogP contribution in [0.1, 0.15) is 52.0 Å². The molecule has 5 nitrogen and oxygen atoms in total. The largest absolute Gasteiger partial charge is 0.492 e. The maximum absolute atomic E-state index is 12.0. The van der Waals surface area contributed by atoms with Gasteiger partial charge in [-0.3, -0.25) is 0 Å². The van der Waals surface area contributed by atoms with Gasteiger partial charge >= 0.3 is 6.09 Å². The molecule has 1 aliphatic heterocycles. The summed E-state index contributed by atoms with van der Waals surface area (Å²) in [5.41, 5.74) is 0.748. The standard InChI is InChI=1S/C22H33ClN2O3/c1-22(2,3)28-21(26)24-18-5-4-11-25(14-18)12-10-16-8-9-20(19(23)13-16)27-15-17-6-7-17/h8-9,13,17-18H,4-7,10-12,14-15H2,1-3H3,(H,24,26)/t18-/m1/s1. The predicted octanol–water partition coefficient (Wildman–Crippen LogP) is 4.66. The number of nitrogens with zero attached hydrogens (tertiary/aromatic N) is 1. The van der Waals surface area contributed by atoms with Gasteiger partial charge in [-0.2, -0.15) is 0 Å². The minimum absolute atomic E-state index is 0.144. The number of nitrogens with one attached hydrogen (secondary N) is 1. The molecular formula is C22H33ClN2O3. The molecule has 3 rings (SSSR count). The molecule has 1 aliphatic carbocycles. The molecule has 28 heavy (non-hydrogen) atoms. The van der Waals surface area contributed by atoms with E-state index in [-0.39, 0.29) is 12.1 Å². The van der Waals surface area contributed by atoms with Gasteiger partial charge in [0.25, 0.3) is 0 Å². The lowest BCUT2D eigenvalue weighted by Gasteiger charge is -2.33. The Morgan fingerprint density at radius 2 is 2.07 bits per heavy atom. The SMILES string of the molecule is CC(C)(C)OC(=O)N[C@@H]1CCCN(CCc2ccc(OCC3CC3)c(Cl)c2)C1. The van der Waals surface area contributed by atoms with E-state index in [4.69, 9.17) is 21.1 Å². The molecule has 1 aromatic rings. The van der Waals surface area contributed by atoms with Crippen LogP contribution in [0.4, 0.5) is 4.79 Å². The summed E-state index contributed by atoms with van der Waals surface area (Å²) in [5.74, 6) is 1.51. The van der Waals surface area contributed by atoms with Gasteiger partial charge in [0.2, 0.25) is 0 Å². The van der Waals surface area contributed by atoms with Gasteiger partial charge in [0.15, 0.2) is 0 Å². The van der Waals surface area contributed by atoms with Crippen molar-refractivity contribution in [3.63, 3.8) is 0 Å². The molecule has 1 amide bonds. The summed E-state index contributed by atoms with van der Waals surface area (Å²) in [7, 11) is 0. The van der Waals surface area contributed by atoms with Crippen LogP contribution in [0.5, 0.6) is 5.75 Å². The topological polar surface area (TPSA) is 50.8 Å². The molecule has 1 heterocycles. The van der Waals surface area contributed by atoms with E-state index in [0.717, 1.165) is 57.2 Å². The number of likely N-dealkylation sites (tertiary alicyclic amines) is 1. The molecule has 0 radical (unpaired) electrons. The number of carbonyl (C=O) groups is 1. The summed E-state index contributed by atoms with van der Waals surface area (Å²) in [6.45, 7) is 9.29. The van der Waals surface area contributed by atoms with Gasteiger partial charge in [-0.15, -0.1) is 0 Å². The van der Waals surface area contributed by atoms with Crippen molar-refractivity contribution in [3.05, 3.63) is 28.8 Å². The van der Waals surface area contributed by atoms with Gasteiger partial charge in [-0.05, 0) is 83.0 Å². The summed E-state index contributed by atoms with van der Waals surface area (Å²) >= 11 is 6.39. The van der Waals surface area contributed by atoms with Crippen LogP contribution < -0.4 is 10.1 Å². The second-order valence-electron chi connectivity index (χ2n) is 9.06. The van der Waals surface area contributed by atoms with Gasteiger partial charge in [-0.1, -0.05) is 17.7 Å². The fourth-order valence-electron chi connectivity index (χ4n) is 3.45. The maximum atomic E-state index is 12.0. The molecule has 1 atom stereocenters. The van der Waals surface area contributed by atoms with E-state index in [1.807, 2.05) is 32.9 Å². The van der Waals surface area contributed by atoms with Crippen molar-refractivity contribution in [2.75, 3.05) is 26.2 Å². The molecule has 1 N–H and O–H groups in total. The summed E-state index contributed by atoms with van der Waals surface area (Å²) < 4.78 is 11.2. The van der Waals surface area contributed by atoms with Crippen molar-refractivity contribution in [3.8, 4) is 5.75 Å². The van der Waals surface area contributed by atoms with E-state index in [0.29, 0.717) is 5.02 Å². The quantitative estimate of drug-likeness (QED) is 0.712. The van der Waals surface area contributed by atoms with Crippen LogP contribution >= 0.6 is 11.6 Å². The highest BCUT2D eigenvalue weighted by molar-refractivity contribution is 6.32. The minimum Gasteiger partial charge on any atom is -0.492 e. The van der Waals surface area contributed by atoms with Crippen LogP contribution in [0.25, 0.3) is 0 Å². The van der Waals surface area contributed by atoms with E-state index in [1.165, 1.54) is 18.4 Å². The first-order valence-corrected chi connectivity index (χ1v) is 10.8. The number of ether oxygens (including phenoxy) is 2. The number of amides is 1. The average molecular weight is 409 g/mol. The Bertz CT molecular complexity index is 670. The minimum atomic E-state index is -0.466. The van der Waals surface area contributed by atoms with Gasteiger partial charge < -0.3 is 19.7 Å². The lowest BCUT2D eigenvalue weighted by atomic mass is 10.0. The smallest absolute Gasteiger partial charge is 0.407 e. The Hall–Kier alpha value is -1.46. The summed E-state index contributed by atoms with van der Waals surface area (Å²) in [5, 5.41) is 3.70. The molecule has 2 aliphatic rings. The fraction of sp³-hybridized carbons (Fsp3) is 0.682. The fourth-order valence-corrected chi connectivity index (χ4v) is 3.70. The van der Waals surface area contributed by atoms with E-state index in [9.17, 15) is 4.79 Å². The number of rotatable bonds is 7. The molecule has 0 bridgehead atoms. The molecule has 2 fully saturated rings. The second kappa shape index (κ2) is 9.36. The van der Waals surface area contributed by atoms with Crippen molar-refractivity contribution in [1.29, 1.82) is 0 Å². The molecule has 1 saturated heterocycles. The Kier molecular flexibility index (Phi) is 7.10. The first-order valence-electron chi connectivity index (χ1n) is 10.4. The Morgan fingerprint density at radius 1 is 1.29 bits per heavy atom. The van der Waals surface area contributed by atoms with Crippen LogP contribution in [-0.2, 0) is 11.2 Å². The number of piperidine rings is 1. The zero-order chi connectivity index (χ0) is 20.1. The normalized spacial score (nSPS) is 20.6. The van der Waals surface area contributed by atoms with E-state index < -0.39 is 5.60 Å². The molecule has 0 aromatic heterocycles. The Labute approximate surface area is 173 Å². The van der Waals surface area contributed by atoms with Crippen molar-refractivity contribution < 1.29 is 14.3 Å². The molecular weight excluding hydrogens is 376 g/mol. The number of hydrogen-bond donors (Lipinski definition) is 1. The van der Waals surface area contributed by atoms with E-state index in [2.05, 4.69) is 16.3 Å². The average Bonchev–Trinajstić information content (AvgIpc) is 3.42. The third kappa shape index (κ3) is 7.17. The van der Waals surface area contributed by atoms with Crippen LogP contribution in [0, 0.1) is 5.92 Å². The zero-order valence-corrected chi connectivity index (χ0v) is 18.1. The highest BCUT2D eigenvalue weighted by Gasteiger charge is 2.24. The molecule has 1 aromatic carbocycles. The number of halogens is 1. The van der Waals surface area contributed by atoms with Crippen LogP contribution in [0.2, 0.25) is 5.02 Å². The number of hydrogen-bond acceptors (Lipinski definition) is 4. The Morgan fingerprint density at radius 3 is 2.75 bits per heavy atom. The number of carbonyl (C=O) groups excluding carboxylic acids is 1. The predicted molar refractivity (Wildman–Crippen MR) is 112 cm³/mol.